The molecule has 2 heteroatoms. The van der Waals surface area contributed by atoms with Crippen molar-refractivity contribution in [3.63, 3.8) is 0 Å². The van der Waals surface area contributed by atoms with Gasteiger partial charge in [0.2, 0.25) is 0 Å². The second kappa shape index (κ2) is 4.83. The largest absolute Gasteiger partial charge is 0.318 e. The zero-order valence-electron chi connectivity index (χ0n) is 9.36. The van der Waals surface area contributed by atoms with Crippen LogP contribution in [0.15, 0.2) is 0 Å². The number of rotatable bonds is 4. The average Bonchev–Trinajstić information content (AvgIpc) is 1.83. The third-order valence-electron chi connectivity index (χ3n) is 1.99. The first-order valence-electron chi connectivity index (χ1n) is 4.78. The van der Waals surface area contributed by atoms with Gasteiger partial charge in [0.15, 0.2) is 0 Å². The van der Waals surface area contributed by atoms with Crippen LogP contribution in [0.4, 0.5) is 0 Å². The molecule has 0 saturated carbocycles. The summed E-state index contributed by atoms with van der Waals surface area (Å²) in [6.45, 7) is 12.2. The Morgan fingerprint density at radius 1 is 1.17 bits per heavy atom. The molecule has 0 rings (SSSR count). The van der Waals surface area contributed by atoms with E-state index in [0.29, 0.717) is 17.5 Å². The van der Waals surface area contributed by atoms with E-state index in [1.165, 1.54) is 0 Å². The van der Waals surface area contributed by atoms with Gasteiger partial charge in [-0.15, -0.1) is 0 Å². The lowest BCUT2D eigenvalue weighted by Crippen LogP contribution is -2.49. The van der Waals surface area contributed by atoms with Crippen LogP contribution in [0.25, 0.3) is 0 Å². The molecule has 0 fully saturated rings. The number of hydrogen-bond donors (Lipinski definition) is 2. The second-order valence-corrected chi connectivity index (χ2v) is 4.80. The van der Waals surface area contributed by atoms with Crippen molar-refractivity contribution >= 4 is 0 Å². The van der Waals surface area contributed by atoms with Crippen molar-refractivity contribution in [1.82, 2.24) is 10.6 Å². The molecule has 0 heterocycles. The summed E-state index contributed by atoms with van der Waals surface area (Å²) in [4.78, 5) is 0. The third-order valence-corrected chi connectivity index (χ3v) is 1.99. The van der Waals surface area contributed by atoms with Gasteiger partial charge in [0.05, 0.1) is 0 Å². The lowest BCUT2D eigenvalue weighted by molar-refractivity contribution is 0.250. The Balaban J connectivity index is 4.04. The molecule has 1 atom stereocenters. The first-order valence-corrected chi connectivity index (χ1v) is 4.78. The SMILES string of the molecule is CNC[C@@H](NC(C)C)C(C)(C)C. The highest BCUT2D eigenvalue weighted by Gasteiger charge is 2.23. The lowest BCUT2D eigenvalue weighted by atomic mass is 9.86. The summed E-state index contributed by atoms with van der Waals surface area (Å²) in [5, 5.41) is 6.78. The van der Waals surface area contributed by atoms with E-state index < -0.39 is 0 Å². The first-order chi connectivity index (χ1) is 5.38. The van der Waals surface area contributed by atoms with Crippen molar-refractivity contribution in [2.24, 2.45) is 5.41 Å². The molecule has 0 aromatic carbocycles. The summed E-state index contributed by atoms with van der Waals surface area (Å²) < 4.78 is 0. The van der Waals surface area contributed by atoms with Crippen LogP contribution in [0, 0.1) is 5.41 Å². The third kappa shape index (κ3) is 4.73. The van der Waals surface area contributed by atoms with Crippen LogP contribution in [0.1, 0.15) is 34.6 Å². The van der Waals surface area contributed by atoms with Crippen LogP contribution in [-0.2, 0) is 0 Å². The maximum absolute atomic E-state index is 3.56. The lowest BCUT2D eigenvalue weighted by Gasteiger charge is -2.33. The number of likely N-dealkylation sites (N-methyl/N-ethyl adjacent to an activating group) is 1. The van der Waals surface area contributed by atoms with Crippen LogP contribution >= 0.6 is 0 Å². The Kier molecular flexibility index (Phi) is 4.80. The number of nitrogens with one attached hydrogen (secondary N) is 2. The highest BCUT2D eigenvalue weighted by atomic mass is 15.0. The molecule has 2 N–H and O–H groups in total. The quantitative estimate of drug-likeness (QED) is 0.673. The minimum Gasteiger partial charge on any atom is -0.318 e. The van der Waals surface area contributed by atoms with E-state index >= 15 is 0 Å². The van der Waals surface area contributed by atoms with E-state index in [1.54, 1.807) is 0 Å². The molecule has 74 valence electrons. The molecule has 0 aliphatic rings. The Bertz CT molecular complexity index is 113. The molecule has 0 spiro atoms. The molecule has 0 saturated heterocycles. The number of hydrogen-bond acceptors (Lipinski definition) is 2. The van der Waals surface area contributed by atoms with Crippen LogP contribution in [0.2, 0.25) is 0 Å². The normalized spacial score (nSPS) is 15.2. The molecule has 0 aromatic rings. The van der Waals surface area contributed by atoms with E-state index in [9.17, 15) is 0 Å². The summed E-state index contributed by atoms with van der Waals surface area (Å²) in [5.74, 6) is 0. The van der Waals surface area contributed by atoms with E-state index in [-0.39, 0.29) is 0 Å². The molecule has 0 aliphatic carbocycles. The van der Waals surface area contributed by atoms with Crippen LogP contribution in [0.3, 0.4) is 0 Å². The van der Waals surface area contributed by atoms with Crippen LogP contribution < -0.4 is 10.6 Å². The van der Waals surface area contributed by atoms with Crippen molar-refractivity contribution in [2.45, 2.75) is 46.7 Å². The summed E-state index contributed by atoms with van der Waals surface area (Å²) in [6.07, 6.45) is 0. The maximum Gasteiger partial charge on any atom is 0.0243 e. The topological polar surface area (TPSA) is 24.1 Å². The van der Waals surface area contributed by atoms with Gasteiger partial charge in [0.25, 0.3) is 0 Å². The first kappa shape index (κ1) is 11.9. The van der Waals surface area contributed by atoms with Gasteiger partial charge in [-0.1, -0.05) is 34.6 Å². The highest BCUT2D eigenvalue weighted by Crippen LogP contribution is 2.18. The van der Waals surface area contributed by atoms with Crippen molar-refractivity contribution in [1.29, 1.82) is 0 Å². The van der Waals surface area contributed by atoms with Gasteiger partial charge in [0, 0.05) is 18.6 Å². The molecule has 0 aliphatic heterocycles. The Morgan fingerprint density at radius 3 is 1.92 bits per heavy atom. The predicted octanol–water partition coefficient (Wildman–Crippen LogP) is 1.62. The highest BCUT2D eigenvalue weighted by molar-refractivity contribution is 4.82. The minimum atomic E-state index is 0.327. The van der Waals surface area contributed by atoms with Gasteiger partial charge >= 0.3 is 0 Å². The Morgan fingerprint density at radius 2 is 1.67 bits per heavy atom. The van der Waals surface area contributed by atoms with Crippen molar-refractivity contribution in [2.75, 3.05) is 13.6 Å². The van der Waals surface area contributed by atoms with Crippen LogP contribution in [0.5, 0.6) is 0 Å². The Labute approximate surface area is 77.1 Å². The predicted molar refractivity (Wildman–Crippen MR) is 55.4 cm³/mol. The van der Waals surface area contributed by atoms with Gasteiger partial charge in [0.1, 0.15) is 0 Å². The molecule has 2 nitrogen and oxygen atoms in total. The van der Waals surface area contributed by atoms with E-state index in [1.807, 2.05) is 7.05 Å². The molecule has 0 radical (unpaired) electrons. The van der Waals surface area contributed by atoms with E-state index in [4.69, 9.17) is 0 Å². The van der Waals surface area contributed by atoms with Gasteiger partial charge in [-0.05, 0) is 12.5 Å². The monoisotopic (exact) mass is 172 g/mol. The van der Waals surface area contributed by atoms with E-state index in [2.05, 4.69) is 45.3 Å². The molecule has 0 aromatic heterocycles. The molecule has 0 unspecified atom stereocenters. The zero-order chi connectivity index (χ0) is 9.78. The molecule has 12 heavy (non-hydrogen) atoms. The fraction of sp³-hybridized carbons (Fsp3) is 1.00. The molecular formula is C10H24N2. The maximum atomic E-state index is 3.56. The molecular weight excluding hydrogens is 148 g/mol. The van der Waals surface area contributed by atoms with Gasteiger partial charge in [-0.3, -0.25) is 0 Å². The van der Waals surface area contributed by atoms with Gasteiger partial charge in [-0.2, -0.15) is 0 Å². The van der Waals surface area contributed by atoms with E-state index in [0.717, 1.165) is 6.54 Å². The average molecular weight is 172 g/mol. The summed E-state index contributed by atoms with van der Waals surface area (Å²) in [5.41, 5.74) is 0.327. The molecule has 0 bridgehead atoms. The fourth-order valence-corrected chi connectivity index (χ4v) is 1.22. The standard InChI is InChI=1S/C10H24N2/c1-8(2)12-9(7-11-6)10(3,4)5/h8-9,11-12H,7H2,1-6H3/t9-/m1/s1. The molecule has 0 amide bonds. The summed E-state index contributed by atoms with van der Waals surface area (Å²) in [7, 11) is 2.00. The Hall–Kier alpha value is -0.0800. The summed E-state index contributed by atoms with van der Waals surface area (Å²) in [6, 6.07) is 1.10. The second-order valence-electron chi connectivity index (χ2n) is 4.80. The fourth-order valence-electron chi connectivity index (χ4n) is 1.22. The summed E-state index contributed by atoms with van der Waals surface area (Å²) >= 11 is 0. The van der Waals surface area contributed by atoms with Crippen molar-refractivity contribution in [3.05, 3.63) is 0 Å². The zero-order valence-corrected chi connectivity index (χ0v) is 9.36. The van der Waals surface area contributed by atoms with Crippen molar-refractivity contribution < 1.29 is 0 Å². The van der Waals surface area contributed by atoms with Crippen molar-refractivity contribution in [3.8, 4) is 0 Å². The smallest absolute Gasteiger partial charge is 0.0243 e. The minimum absolute atomic E-state index is 0.327. The van der Waals surface area contributed by atoms with Crippen LogP contribution in [-0.4, -0.2) is 25.7 Å². The van der Waals surface area contributed by atoms with Gasteiger partial charge in [-0.25, -0.2) is 0 Å². The van der Waals surface area contributed by atoms with Gasteiger partial charge < -0.3 is 10.6 Å².